The SMILES string of the molecule is Cc1cc(-c2cc3ccc4cc(-c5cc(C)c6c(c5C)C5(C)CCCCC5(C)N6c5ccccc5)cc5ccc(c2)c3c45)c(C)c2c1N(c1ccccc1)C1(C)CCCCC21C. The lowest BCUT2D eigenvalue weighted by Gasteiger charge is -2.50. The van der Waals surface area contributed by atoms with E-state index in [9.17, 15) is 0 Å². The predicted molar refractivity (Wildman–Crippen MR) is 266 cm³/mol. The second kappa shape index (κ2) is 13.0. The standard InChI is InChI=1S/C60H60N2/c1-37-31-49(39(3)53-55(37)61(47-19-11-9-12-20-47)59(7)29-17-15-27-57(53,59)5)45-33-41-23-25-43-35-46(36-44-26-24-42(34-45)51(41)52(43)44)50-32-38(2)56-54(40(50)4)58(6)28-16-18-30-60(58,8)62(56)48-21-13-10-14-22-48/h9-14,19-26,31-36H,15-18,27-30H2,1-8H3. The van der Waals surface area contributed by atoms with Crippen molar-refractivity contribution in [2.75, 3.05) is 9.80 Å². The minimum absolute atomic E-state index is 0.0311. The fourth-order valence-electron chi connectivity index (χ4n) is 14.4. The molecule has 4 unspecified atom stereocenters. The normalized spacial score (nSPS) is 25.4. The van der Waals surface area contributed by atoms with Crippen LogP contribution < -0.4 is 9.80 Å². The van der Waals surface area contributed by atoms with E-state index in [-0.39, 0.29) is 21.9 Å². The summed E-state index contributed by atoms with van der Waals surface area (Å²) in [5, 5.41) is 8.09. The molecule has 4 aliphatic rings. The molecule has 4 atom stereocenters. The number of anilines is 4. The molecule has 0 N–H and O–H groups in total. The second-order valence-electron chi connectivity index (χ2n) is 20.9. The summed E-state index contributed by atoms with van der Waals surface area (Å²) < 4.78 is 0. The molecule has 0 bridgehead atoms. The average molecular weight is 809 g/mol. The molecule has 2 heterocycles. The number of aryl methyl sites for hydroxylation is 2. The highest BCUT2D eigenvalue weighted by Crippen LogP contribution is 2.65. The van der Waals surface area contributed by atoms with Crippen molar-refractivity contribution in [1.29, 1.82) is 0 Å². The molecule has 8 aromatic carbocycles. The first kappa shape index (κ1) is 38.1. The molecule has 2 aliphatic heterocycles. The first-order valence-electron chi connectivity index (χ1n) is 23.6. The van der Waals surface area contributed by atoms with Crippen LogP contribution in [0.5, 0.6) is 0 Å². The van der Waals surface area contributed by atoms with Crippen molar-refractivity contribution in [3.63, 3.8) is 0 Å². The predicted octanol–water partition coefficient (Wildman–Crippen LogP) is 16.6. The quantitative estimate of drug-likeness (QED) is 0.163. The van der Waals surface area contributed by atoms with Gasteiger partial charge in [-0.05, 0) is 216 Å². The van der Waals surface area contributed by atoms with Crippen molar-refractivity contribution in [3.8, 4) is 22.3 Å². The fourth-order valence-corrected chi connectivity index (χ4v) is 14.4. The zero-order chi connectivity index (χ0) is 42.5. The lowest BCUT2D eigenvalue weighted by atomic mass is 9.60. The number of rotatable bonds is 4. The second-order valence-corrected chi connectivity index (χ2v) is 20.9. The van der Waals surface area contributed by atoms with Crippen LogP contribution in [0.1, 0.15) is 112 Å². The molecule has 2 heteroatoms. The van der Waals surface area contributed by atoms with Gasteiger partial charge in [-0.15, -0.1) is 0 Å². The number of benzene rings is 8. The number of hydrogen-bond donors (Lipinski definition) is 0. The summed E-state index contributed by atoms with van der Waals surface area (Å²) in [6.45, 7) is 19.8. The van der Waals surface area contributed by atoms with Crippen LogP contribution in [0.25, 0.3) is 54.6 Å². The highest BCUT2D eigenvalue weighted by Gasteiger charge is 2.60. The minimum Gasteiger partial charge on any atom is -0.334 e. The third-order valence-electron chi connectivity index (χ3n) is 17.8. The smallest absolute Gasteiger partial charge is 0.0518 e. The Morgan fingerprint density at radius 3 is 1.10 bits per heavy atom. The van der Waals surface area contributed by atoms with Gasteiger partial charge < -0.3 is 9.80 Å². The van der Waals surface area contributed by atoms with Crippen molar-refractivity contribution >= 4 is 55.1 Å². The lowest BCUT2D eigenvalue weighted by Crippen LogP contribution is -2.54. The largest absolute Gasteiger partial charge is 0.334 e. The van der Waals surface area contributed by atoms with Crippen LogP contribution in [0.4, 0.5) is 22.7 Å². The molecule has 0 radical (unpaired) electrons. The number of para-hydroxylation sites is 2. The molecular formula is C60H60N2. The Bertz CT molecular complexity index is 2860. The molecule has 0 aromatic heterocycles. The third-order valence-corrected chi connectivity index (χ3v) is 17.8. The molecule has 0 saturated heterocycles. The average Bonchev–Trinajstić information content (AvgIpc) is 3.65. The molecular weight excluding hydrogens is 749 g/mol. The molecule has 2 nitrogen and oxygen atoms in total. The number of fused-ring (bicyclic) bond motifs is 6. The van der Waals surface area contributed by atoms with E-state index < -0.39 is 0 Å². The molecule has 2 aliphatic carbocycles. The highest BCUT2D eigenvalue weighted by molar-refractivity contribution is 6.24. The zero-order valence-corrected chi connectivity index (χ0v) is 38.1. The van der Waals surface area contributed by atoms with Crippen molar-refractivity contribution in [3.05, 3.63) is 155 Å². The Balaban J connectivity index is 0.994. The van der Waals surface area contributed by atoms with Gasteiger partial charge in [0.1, 0.15) is 0 Å². The van der Waals surface area contributed by atoms with Crippen molar-refractivity contribution < 1.29 is 0 Å². The summed E-state index contributed by atoms with van der Waals surface area (Å²) in [5.74, 6) is 0. The van der Waals surface area contributed by atoms with Crippen LogP contribution in [0.2, 0.25) is 0 Å². The van der Waals surface area contributed by atoms with Gasteiger partial charge in [0.15, 0.2) is 0 Å². The molecule has 8 aromatic rings. The lowest BCUT2D eigenvalue weighted by molar-refractivity contribution is 0.194. The Labute approximate surface area is 368 Å². The maximum atomic E-state index is 2.74. The molecule has 310 valence electrons. The van der Waals surface area contributed by atoms with E-state index in [4.69, 9.17) is 0 Å². The van der Waals surface area contributed by atoms with Crippen LogP contribution in [0.15, 0.2) is 121 Å². The van der Waals surface area contributed by atoms with Gasteiger partial charge in [0.25, 0.3) is 0 Å². The van der Waals surface area contributed by atoms with Crippen LogP contribution >= 0.6 is 0 Å². The molecule has 0 spiro atoms. The molecule has 2 fully saturated rings. The van der Waals surface area contributed by atoms with Gasteiger partial charge in [-0.2, -0.15) is 0 Å². The highest BCUT2D eigenvalue weighted by atomic mass is 15.3. The van der Waals surface area contributed by atoms with Crippen molar-refractivity contribution in [1.82, 2.24) is 0 Å². The van der Waals surface area contributed by atoms with E-state index in [1.807, 2.05) is 0 Å². The molecule has 12 rings (SSSR count). The Morgan fingerprint density at radius 1 is 0.403 bits per heavy atom. The minimum atomic E-state index is 0.0311. The summed E-state index contributed by atoms with van der Waals surface area (Å²) in [6, 6.07) is 47.0. The van der Waals surface area contributed by atoms with Crippen LogP contribution in [-0.4, -0.2) is 11.1 Å². The van der Waals surface area contributed by atoms with E-state index in [1.165, 1.54) is 151 Å². The molecule has 2 saturated carbocycles. The van der Waals surface area contributed by atoms with E-state index in [0.29, 0.717) is 0 Å². The maximum absolute atomic E-state index is 2.74. The first-order chi connectivity index (χ1) is 29.9. The Hall–Kier alpha value is -5.60. The van der Waals surface area contributed by atoms with Gasteiger partial charge in [0, 0.05) is 33.6 Å². The summed E-state index contributed by atoms with van der Waals surface area (Å²) in [6.07, 6.45) is 10.0. The van der Waals surface area contributed by atoms with Crippen LogP contribution in [0, 0.1) is 27.7 Å². The van der Waals surface area contributed by atoms with E-state index in [2.05, 4.69) is 187 Å². The first-order valence-corrected chi connectivity index (χ1v) is 23.6. The summed E-state index contributed by atoms with van der Waals surface area (Å²) in [7, 11) is 0. The Morgan fingerprint density at radius 2 is 0.742 bits per heavy atom. The van der Waals surface area contributed by atoms with E-state index in [0.717, 1.165) is 0 Å². The Kier molecular flexibility index (Phi) is 7.98. The van der Waals surface area contributed by atoms with Gasteiger partial charge >= 0.3 is 0 Å². The summed E-state index contributed by atoms with van der Waals surface area (Å²) >= 11 is 0. The maximum Gasteiger partial charge on any atom is 0.0518 e. The van der Waals surface area contributed by atoms with Crippen molar-refractivity contribution in [2.24, 2.45) is 0 Å². The molecule has 0 amide bonds. The third kappa shape index (κ3) is 4.77. The zero-order valence-electron chi connectivity index (χ0n) is 38.1. The molecule has 62 heavy (non-hydrogen) atoms. The van der Waals surface area contributed by atoms with E-state index >= 15 is 0 Å². The van der Waals surface area contributed by atoms with Gasteiger partial charge in [0.2, 0.25) is 0 Å². The van der Waals surface area contributed by atoms with Crippen molar-refractivity contribution in [2.45, 2.75) is 129 Å². The van der Waals surface area contributed by atoms with E-state index in [1.54, 1.807) is 11.1 Å². The fraction of sp³-hybridized carbons (Fsp3) is 0.333. The topological polar surface area (TPSA) is 6.48 Å². The summed E-state index contributed by atoms with van der Waals surface area (Å²) in [4.78, 5) is 5.47. The van der Waals surface area contributed by atoms with Gasteiger partial charge in [0.05, 0.1) is 11.1 Å². The van der Waals surface area contributed by atoms with Crippen LogP contribution in [0.3, 0.4) is 0 Å². The monoisotopic (exact) mass is 808 g/mol. The van der Waals surface area contributed by atoms with Gasteiger partial charge in [-0.25, -0.2) is 0 Å². The number of hydrogen-bond acceptors (Lipinski definition) is 2. The number of nitrogens with zero attached hydrogens (tertiary/aromatic N) is 2. The van der Waals surface area contributed by atoms with Gasteiger partial charge in [-0.1, -0.05) is 100 Å². The van der Waals surface area contributed by atoms with Gasteiger partial charge in [-0.3, -0.25) is 0 Å². The van der Waals surface area contributed by atoms with Crippen LogP contribution in [-0.2, 0) is 10.8 Å². The summed E-state index contributed by atoms with van der Waals surface area (Å²) in [5.41, 5.74) is 20.0.